The molecule has 1 aliphatic heterocycles. The number of allylic oxidation sites excluding steroid dienone is 1. The minimum Gasteiger partial charge on any atom is -0.490 e. The van der Waals surface area contributed by atoms with Crippen molar-refractivity contribution in [3.8, 4) is 11.5 Å². The SMILES string of the molecule is C=CCOc1ccc2c(c1)[C@H]1[C@H](CCCCO)[C@@H](CCCCO)C=C3C(=NOCc4ccccc4)C[C@H](N(C)C(=O)OCCOCc4ccccc4)[C@@](OCC=C)(O2)[C@H]31. The summed E-state index contributed by atoms with van der Waals surface area (Å²) in [6.45, 7) is 9.51. The summed E-state index contributed by atoms with van der Waals surface area (Å²) in [4.78, 5) is 21.8. The molecule has 316 valence electrons. The number of likely N-dealkylation sites (N-methyl/N-ethyl adjacent to an activating group) is 1. The number of carbonyl (C=O) groups excluding carboxylic acids is 1. The number of hydrogen-bond donors (Lipinski definition) is 2. The molecule has 3 aromatic rings. The van der Waals surface area contributed by atoms with Crippen LogP contribution in [0.4, 0.5) is 4.79 Å². The third-order valence-electron chi connectivity index (χ3n) is 11.6. The minimum atomic E-state index is -1.39. The maximum Gasteiger partial charge on any atom is 0.410 e. The van der Waals surface area contributed by atoms with Gasteiger partial charge in [0, 0.05) is 38.2 Å². The van der Waals surface area contributed by atoms with Gasteiger partial charge in [-0.1, -0.05) is 103 Å². The Morgan fingerprint density at radius 3 is 2.29 bits per heavy atom. The molecule has 0 spiro atoms. The van der Waals surface area contributed by atoms with Crippen molar-refractivity contribution in [1.29, 1.82) is 0 Å². The topological polar surface area (TPSA) is 129 Å². The van der Waals surface area contributed by atoms with E-state index in [1.165, 1.54) is 0 Å². The van der Waals surface area contributed by atoms with Crippen LogP contribution in [0.1, 0.15) is 67.6 Å². The van der Waals surface area contributed by atoms with Crippen LogP contribution in [0.25, 0.3) is 0 Å². The van der Waals surface area contributed by atoms with E-state index in [1.807, 2.05) is 72.8 Å². The first-order valence-corrected chi connectivity index (χ1v) is 20.9. The standard InChI is InChI=1S/C48H60N2O9/c1-4-26-55-38-22-23-43-41(31-38)45-39(21-13-15-25-52)37(20-12-14-24-51)30-40-42(49-58-34-36-18-10-7-11-19-36)32-44(48(59-43,46(40)45)57-27-5-2)50(3)47(53)56-29-28-54-33-35-16-8-6-9-17-35/h4-11,16-19,22-23,30-31,37,39,44-46,51-52H,1-2,12-15,20-21,24-29,32-34H2,3H3/t37-,39+,44-,45+,46+,48+/m0/s1. The zero-order valence-corrected chi connectivity index (χ0v) is 34.3. The molecule has 1 fully saturated rings. The van der Waals surface area contributed by atoms with Gasteiger partial charge in [0.15, 0.2) is 0 Å². The lowest BCUT2D eigenvalue weighted by Gasteiger charge is -2.59. The minimum absolute atomic E-state index is 0.0568. The van der Waals surface area contributed by atoms with E-state index in [0.717, 1.165) is 47.9 Å². The first-order chi connectivity index (χ1) is 28.9. The van der Waals surface area contributed by atoms with Gasteiger partial charge in [0.05, 0.1) is 31.5 Å². The molecular weight excluding hydrogens is 749 g/mol. The van der Waals surface area contributed by atoms with Crippen molar-refractivity contribution in [2.24, 2.45) is 22.9 Å². The number of oxime groups is 1. The summed E-state index contributed by atoms with van der Waals surface area (Å²) in [6.07, 6.45) is 10.1. The van der Waals surface area contributed by atoms with Crippen LogP contribution in [0.2, 0.25) is 0 Å². The predicted octanol–water partition coefficient (Wildman–Crippen LogP) is 8.37. The highest BCUT2D eigenvalue weighted by Gasteiger charge is 2.65. The fourth-order valence-electron chi connectivity index (χ4n) is 8.91. The van der Waals surface area contributed by atoms with E-state index in [9.17, 15) is 15.0 Å². The Kier molecular flexibility index (Phi) is 16.2. The molecule has 2 aliphatic carbocycles. The average molecular weight is 809 g/mol. The number of ether oxygens (including phenoxy) is 5. The molecule has 59 heavy (non-hydrogen) atoms. The molecule has 0 aromatic heterocycles. The number of nitrogens with zero attached hydrogens (tertiary/aromatic N) is 2. The van der Waals surface area contributed by atoms with Gasteiger partial charge in [0.25, 0.3) is 0 Å². The van der Waals surface area contributed by atoms with E-state index in [0.29, 0.717) is 43.3 Å². The van der Waals surface area contributed by atoms with Crippen LogP contribution in [-0.2, 0) is 32.3 Å². The van der Waals surface area contributed by atoms with Crippen molar-refractivity contribution in [1.82, 2.24) is 4.90 Å². The molecule has 2 N–H and O–H groups in total. The number of hydrogen-bond acceptors (Lipinski definition) is 10. The second-order valence-electron chi connectivity index (χ2n) is 15.4. The summed E-state index contributed by atoms with van der Waals surface area (Å²) < 4.78 is 31.9. The number of amides is 1. The fourth-order valence-corrected chi connectivity index (χ4v) is 8.91. The monoisotopic (exact) mass is 808 g/mol. The second-order valence-corrected chi connectivity index (χ2v) is 15.4. The van der Waals surface area contributed by atoms with Gasteiger partial charge in [-0.3, -0.25) is 0 Å². The molecule has 1 saturated carbocycles. The number of rotatable bonds is 23. The van der Waals surface area contributed by atoms with Crippen molar-refractivity contribution in [2.45, 2.75) is 75.9 Å². The largest absolute Gasteiger partial charge is 0.490 e. The van der Waals surface area contributed by atoms with E-state index in [2.05, 4.69) is 25.3 Å². The zero-order valence-electron chi connectivity index (χ0n) is 34.3. The van der Waals surface area contributed by atoms with Gasteiger partial charge in [0.1, 0.15) is 37.4 Å². The number of aliphatic hydroxyl groups is 2. The molecule has 6 atom stereocenters. The van der Waals surface area contributed by atoms with Crippen LogP contribution >= 0.6 is 0 Å². The van der Waals surface area contributed by atoms with Crippen LogP contribution in [0.15, 0.2) is 121 Å². The highest BCUT2D eigenvalue weighted by atomic mass is 16.7. The van der Waals surface area contributed by atoms with Crippen LogP contribution in [0, 0.1) is 17.8 Å². The Hall–Kier alpha value is -4.94. The van der Waals surface area contributed by atoms with E-state index < -0.39 is 23.8 Å². The summed E-state index contributed by atoms with van der Waals surface area (Å²) in [5.74, 6) is -0.481. The van der Waals surface area contributed by atoms with Crippen LogP contribution in [-0.4, -0.2) is 85.4 Å². The fraction of sp³-hybridized carbons (Fsp3) is 0.458. The number of carbonyl (C=O) groups is 1. The Morgan fingerprint density at radius 1 is 0.898 bits per heavy atom. The molecule has 11 nitrogen and oxygen atoms in total. The maximum atomic E-state index is 14.1. The van der Waals surface area contributed by atoms with Gasteiger partial charge >= 0.3 is 6.09 Å². The van der Waals surface area contributed by atoms with Crippen LogP contribution in [0.5, 0.6) is 11.5 Å². The quantitative estimate of drug-likeness (QED) is 0.0552. The second kappa shape index (κ2) is 21.9. The Morgan fingerprint density at radius 2 is 1.59 bits per heavy atom. The van der Waals surface area contributed by atoms with Crippen LogP contribution < -0.4 is 9.47 Å². The first-order valence-electron chi connectivity index (χ1n) is 20.9. The lowest BCUT2D eigenvalue weighted by molar-refractivity contribution is -0.253. The van der Waals surface area contributed by atoms with Crippen LogP contribution in [0.3, 0.4) is 0 Å². The lowest BCUT2D eigenvalue weighted by Crippen LogP contribution is -2.69. The van der Waals surface area contributed by atoms with Crippen molar-refractivity contribution >= 4 is 11.8 Å². The van der Waals surface area contributed by atoms with Gasteiger partial charge in [-0.25, -0.2) is 4.79 Å². The molecule has 11 heteroatoms. The molecular formula is C48H60N2O9. The summed E-state index contributed by atoms with van der Waals surface area (Å²) in [5, 5.41) is 24.6. The normalized spacial score (nSPS) is 23.5. The highest BCUT2D eigenvalue weighted by Crippen LogP contribution is 2.61. The molecule has 0 saturated heterocycles. The number of fused-ring (bicyclic) bond motifs is 2. The summed E-state index contributed by atoms with van der Waals surface area (Å²) >= 11 is 0. The molecule has 0 radical (unpaired) electrons. The van der Waals surface area contributed by atoms with Crippen molar-refractivity contribution < 1.29 is 43.5 Å². The van der Waals surface area contributed by atoms with Gasteiger partial charge < -0.3 is 43.6 Å². The molecule has 3 aromatic carbocycles. The van der Waals surface area contributed by atoms with Crippen molar-refractivity contribution in [2.75, 3.05) is 46.7 Å². The summed E-state index contributed by atoms with van der Waals surface area (Å²) in [6, 6.07) is 24.9. The van der Waals surface area contributed by atoms with Gasteiger partial charge in [-0.05, 0) is 72.4 Å². The summed E-state index contributed by atoms with van der Waals surface area (Å²) in [5.41, 5.74) is 4.65. The number of benzene rings is 3. The van der Waals surface area contributed by atoms with Crippen molar-refractivity contribution in [3.63, 3.8) is 0 Å². The molecule has 3 aliphatic rings. The number of aliphatic hydroxyl groups excluding tert-OH is 2. The molecule has 0 unspecified atom stereocenters. The molecule has 0 bridgehead atoms. The van der Waals surface area contributed by atoms with E-state index in [-0.39, 0.29) is 63.8 Å². The predicted molar refractivity (Wildman–Crippen MR) is 227 cm³/mol. The molecule has 6 rings (SSSR count). The maximum absolute atomic E-state index is 14.1. The third kappa shape index (κ3) is 10.6. The van der Waals surface area contributed by atoms with E-state index in [4.69, 9.17) is 33.7 Å². The Labute approximate surface area is 348 Å². The molecule has 1 heterocycles. The average Bonchev–Trinajstić information content (AvgIpc) is 3.26. The smallest absolute Gasteiger partial charge is 0.410 e. The Balaban J connectivity index is 1.43. The van der Waals surface area contributed by atoms with E-state index in [1.54, 1.807) is 24.1 Å². The third-order valence-corrected chi connectivity index (χ3v) is 11.6. The van der Waals surface area contributed by atoms with Gasteiger partial charge in [-0.15, -0.1) is 6.58 Å². The van der Waals surface area contributed by atoms with Crippen molar-refractivity contribution in [3.05, 3.63) is 133 Å². The summed E-state index contributed by atoms with van der Waals surface area (Å²) in [7, 11) is 1.72. The zero-order chi connectivity index (χ0) is 41.5. The highest BCUT2D eigenvalue weighted by molar-refractivity contribution is 6.02. The van der Waals surface area contributed by atoms with Gasteiger partial charge in [-0.2, -0.15) is 0 Å². The molecule has 1 amide bonds. The Bertz CT molecular complexity index is 1870. The van der Waals surface area contributed by atoms with Gasteiger partial charge in [0.2, 0.25) is 5.79 Å². The van der Waals surface area contributed by atoms with E-state index >= 15 is 0 Å². The number of unbranched alkanes of at least 4 members (excludes halogenated alkanes) is 2. The lowest BCUT2D eigenvalue weighted by atomic mass is 9.55. The first kappa shape index (κ1) is 43.6.